The average Bonchev–Trinajstić information content (AvgIpc) is 2.64. The maximum absolute atomic E-state index is 11.6. The van der Waals surface area contributed by atoms with Gasteiger partial charge >= 0.3 is 0 Å². The van der Waals surface area contributed by atoms with E-state index < -0.39 is 4.92 Å². The van der Waals surface area contributed by atoms with Crippen LogP contribution in [0, 0.1) is 10.1 Å². The molecule has 17 heavy (non-hydrogen) atoms. The first kappa shape index (κ1) is 12.1. The lowest BCUT2D eigenvalue weighted by Crippen LogP contribution is -2.24. The Labute approximate surface area is 107 Å². The Morgan fingerprint density at radius 3 is 2.29 bits per heavy atom. The van der Waals surface area contributed by atoms with Gasteiger partial charge in [-0.1, -0.05) is 23.2 Å². The summed E-state index contributed by atoms with van der Waals surface area (Å²) in [5.41, 5.74) is 0.178. The fourth-order valence-corrected chi connectivity index (χ4v) is 2.48. The second-order valence-corrected chi connectivity index (χ2v) is 4.48. The van der Waals surface area contributed by atoms with Crippen LogP contribution in [-0.4, -0.2) is 17.4 Å². The highest BCUT2D eigenvalue weighted by Gasteiger charge is 2.27. The van der Waals surface area contributed by atoms with Gasteiger partial charge in [-0.25, -0.2) is 0 Å². The van der Waals surface area contributed by atoms with E-state index in [1.165, 1.54) is 17.0 Å². The predicted molar refractivity (Wildman–Crippen MR) is 64.7 cm³/mol. The molecule has 1 amide bonds. The summed E-state index contributed by atoms with van der Waals surface area (Å²) in [5, 5.41) is 10.9. The van der Waals surface area contributed by atoms with Crippen LogP contribution in [0.2, 0.25) is 10.0 Å². The van der Waals surface area contributed by atoms with Gasteiger partial charge in [0.2, 0.25) is 5.91 Å². The SMILES string of the molecule is O=C1CCCN1c1c(Cl)cc([N+](=O)[O-])cc1Cl. The molecule has 0 bridgehead atoms. The van der Waals surface area contributed by atoms with Gasteiger partial charge in [0, 0.05) is 25.1 Å². The van der Waals surface area contributed by atoms with Gasteiger partial charge in [-0.3, -0.25) is 14.9 Å². The van der Waals surface area contributed by atoms with E-state index in [0.29, 0.717) is 18.7 Å². The zero-order valence-electron chi connectivity index (χ0n) is 8.65. The van der Waals surface area contributed by atoms with Crippen molar-refractivity contribution in [3.63, 3.8) is 0 Å². The van der Waals surface area contributed by atoms with Crippen LogP contribution < -0.4 is 4.90 Å². The van der Waals surface area contributed by atoms with Gasteiger partial charge in [-0.15, -0.1) is 0 Å². The number of anilines is 1. The first-order valence-electron chi connectivity index (χ1n) is 4.94. The molecule has 0 unspecified atom stereocenters. The van der Waals surface area contributed by atoms with E-state index in [4.69, 9.17) is 23.2 Å². The van der Waals surface area contributed by atoms with Crippen molar-refractivity contribution in [2.45, 2.75) is 12.8 Å². The van der Waals surface area contributed by atoms with E-state index in [1.807, 2.05) is 0 Å². The smallest absolute Gasteiger partial charge is 0.272 e. The van der Waals surface area contributed by atoms with Crippen LogP contribution in [0.5, 0.6) is 0 Å². The molecule has 0 aromatic heterocycles. The highest BCUT2D eigenvalue weighted by Crippen LogP contribution is 2.39. The number of carbonyl (C=O) groups is 1. The minimum Gasteiger partial charge on any atom is -0.310 e. The second kappa shape index (κ2) is 4.50. The number of nitro benzene ring substituents is 1. The highest BCUT2D eigenvalue weighted by atomic mass is 35.5. The first-order chi connectivity index (χ1) is 8.00. The molecule has 7 heteroatoms. The van der Waals surface area contributed by atoms with Gasteiger partial charge < -0.3 is 4.90 Å². The third kappa shape index (κ3) is 2.21. The zero-order valence-corrected chi connectivity index (χ0v) is 10.2. The maximum atomic E-state index is 11.6. The van der Waals surface area contributed by atoms with Crippen LogP contribution in [-0.2, 0) is 4.79 Å². The standard InChI is InChI=1S/C10H8Cl2N2O3/c11-7-4-6(14(16)17)5-8(12)10(7)13-3-1-2-9(13)15/h4-5H,1-3H2. The van der Waals surface area contributed by atoms with Gasteiger partial charge in [-0.2, -0.15) is 0 Å². The molecule has 1 saturated heterocycles. The van der Waals surface area contributed by atoms with Crippen LogP contribution in [0.3, 0.4) is 0 Å². The quantitative estimate of drug-likeness (QED) is 0.615. The lowest BCUT2D eigenvalue weighted by Gasteiger charge is -2.18. The van der Waals surface area contributed by atoms with Crippen LogP contribution in [0.15, 0.2) is 12.1 Å². The molecule has 0 radical (unpaired) electrons. The Morgan fingerprint density at radius 2 is 1.88 bits per heavy atom. The molecular formula is C10H8Cl2N2O3. The van der Waals surface area contributed by atoms with E-state index in [-0.39, 0.29) is 21.6 Å². The Hall–Kier alpha value is -1.33. The highest BCUT2D eigenvalue weighted by molar-refractivity contribution is 6.40. The molecule has 1 aromatic carbocycles. The predicted octanol–water partition coefficient (Wildman–Crippen LogP) is 3.03. The molecule has 1 aromatic rings. The summed E-state index contributed by atoms with van der Waals surface area (Å²) in [6.45, 7) is 0.538. The molecule has 1 fully saturated rings. The average molecular weight is 275 g/mol. The van der Waals surface area contributed by atoms with Crippen LogP contribution in [0.1, 0.15) is 12.8 Å². The largest absolute Gasteiger partial charge is 0.310 e. The number of hydrogen-bond donors (Lipinski definition) is 0. The molecule has 1 heterocycles. The molecular weight excluding hydrogens is 267 g/mol. The lowest BCUT2D eigenvalue weighted by atomic mass is 10.2. The van der Waals surface area contributed by atoms with Crippen molar-refractivity contribution in [3.05, 3.63) is 32.3 Å². The molecule has 1 aliphatic heterocycles. The van der Waals surface area contributed by atoms with Gasteiger partial charge in [0.25, 0.3) is 5.69 Å². The number of rotatable bonds is 2. The Balaban J connectivity index is 2.48. The Morgan fingerprint density at radius 1 is 1.29 bits per heavy atom. The number of carbonyl (C=O) groups excluding carboxylic acids is 1. The minimum absolute atomic E-state index is 0.0670. The summed E-state index contributed by atoms with van der Waals surface area (Å²) in [5.74, 6) is -0.0670. The fraction of sp³-hybridized carbons (Fsp3) is 0.300. The molecule has 0 aliphatic carbocycles. The third-order valence-electron chi connectivity index (χ3n) is 2.56. The molecule has 0 saturated carbocycles. The van der Waals surface area contributed by atoms with Crippen molar-refractivity contribution in [2.75, 3.05) is 11.4 Å². The van der Waals surface area contributed by atoms with E-state index in [2.05, 4.69) is 0 Å². The summed E-state index contributed by atoms with van der Waals surface area (Å²) in [4.78, 5) is 23.1. The molecule has 0 N–H and O–H groups in total. The van der Waals surface area contributed by atoms with Gasteiger partial charge in [0.1, 0.15) is 0 Å². The molecule has 2 rings (SSSR count). The number of non-ortho nitro benzene ring substituents is 1. The van der Waals surface area contributed by atoms with Crippen molar-refractivity contribution in [2.24, 2.45) is 0 Å². The molecule has 1 aliphatic rings. The lowest BCUT2D eigenvalue weighted by molar-refractivity contribution is -0.384. The van der Waals surface area contributed by atoms with Crippen LogP contribution >= 0.6 is 23.2 Å². The number of amides is 1. The van der Waals surface area contributed by atoms with E-state index in [1.54, 1.807) is 0 Å². The number of nitro groups is 1. The maximum Gasteiger partial charge on any atom is 0.272 e. The fourth-order valence-electron chi connectivity index (χ4n) is 1.80. The molecule has 0 atom stereocenters. The summed E-state index contributed by atoms with van der Waals surface area (Å²) in [6.07, 6.45) is 1.19. The monoisotopic (exact) mass is 274 g/mol. The van der Waals surface area contributed by atoms with Crippen molar-refractivity contribution < 1.29 is 9.72 Å². The van der Waals surface area contributed by atoms with Gasteiger partial charge in [0.05, 0.1) is 20.7 Å². The van der Waals surface area contributed by atoms with Crippen molar-refractivity contribution in [1.82, 2.24) is 0 Å². The molecule has 90 valence electrons. The van der Waals surface area contributed by atoms with E-state index in [9.17, 15) is 14.9 Å². The minimum atomic E-state index is -0.576. The van der Waals surface area contributed by atoms with Gasteiger partial charge in [0.15, 0.2) is 0 Å². The third-order valence-corrected chi connectivity index (χ3v) is 3.13. The number of hydrogen-bond acceptors (Lipinski definition) is 3. The molecule has 0 spiro atoms. The topological polar surface area (TPSA) is 63.5 Å². The molecule has 5 nitrogen and oxygen atoms in total. The number of benzene rings is 1. The first-order valence-corrected chi connectivity index (χ1v) is 5.70. The van der Waals surface area contributed by atoms with Crippen molar-refractivity contribution >= 4 is 40.5 Å². The summed E-state index contributed by atoms with van der Waals surface area (Å²) >= 11 is 11.9. The second-order valence-electron chi connectivity index (χ2n) is 3.66. The number of nitrogens with zero attached hydrogens (tertiary/aromatic N) is 2. The summed E-state index contributed by atoms with van der Waals surface area (Å²) in [6, 6.07) is 2.41. The van der Waals surface area contributed by atoms with Crippen molar-refractivity contribution in [3.8, 4) is 0 Å². The Bertz CT molecular complexity index is 481. The van der Waals surface area contributed by atoms with Crippen LogP contribution in [0.4, 0.5) is 11.4 Å². The van der Waals surface area contributed by atoms with Crippen molar-refractivity contribution in [1.29, 1.82) is 0 Å². The van der Waals surface area contributed by atoms with Crippen LogP contribution in [0.25, 0.3) is 0 Å². The summed E-state index contributed by atoms with van der Waals surface area (Å²) in [7, 11) is 0. The van der Waals surface area contributed by atoms with E-state index >= 15 is 0 Å². The van der Waals surface area contributed by atoms with Gasteiger partial charge in [-0.05, 0) is 6.42 Å². The normalized spacial score (nSPS) is 15.4. The number of halogens is 2. The summed E-state index contributed by atoms with van der Waals surface area (Å²) < 4.78 is 0. The van der Waals surface area contributed by atoms with E-state index in [0.717, 1.165) is 6.42 Å². The zero-order chi connectivity index (χ0) is 12.6. The Kier molecular flexibility index (Phi) is 3.22.